The van der Waals surface area contributed by atoms with Crippen molar-refractivity contribution in [1.82, 2.24) is 14.8 Å². The van der Waals surface area contributed by atoms with Gasteiger partial charge in [-0.3, -0.25) is 20.2 Å². The summed E-state index contributed by atoms with van der Waals surface area (Å²) in [4.78, 5) is 27.0. The molecular weight excluding hydrogens is 438 g/mol. The van der Waals surface area contributed by atoms with Gasteiger partial charge in [-0.05, 0) is 35.9 Å². The van der Waals surface area contributed by atoms with Gasteiger partial charge in [-0.25, -0.2) is 9.67 Å². The lowest BCUT2D eigenvalue weighted by atomic mass is 10.2. The molecule has 0 spiro atoms. The number of nitro benzene ring substituents is 1. The summed E-state index contributed by atoms with van der Waals surface area (Å²) in [6.07, 6.45) is 1.50. The number of para-hydroxylation sites is 2. The summed E-state index contributed by atoms with van der Waals surface area (Å²) < 4.78 is 12.5. The van der Waals surface area contributed by atoms with E-state index in [1.165, 1.54) is 24.5 Å². The lowest BCUT2D eigenvalue weighted by Gasteiger charge is -2.04. The number of aromatic nitrogens is 3. The van der Waals surface area contributed by atoms with E-state index < -0.39 is 10.8 Å². The molecule has 0 fully saturated rings. The monoisotopic (exact) mass is 453 g/mol. The summed E-state index contributed by atoms with van der Waals surface area (Å²) in [5, 5.41) is 18.5. The number of rotatable bonds is 8. The number of hydrogen-bond donors (Lipinski definition) is 1. The van der Waals surface area contributed by atoms with Crippen LogP contribution in [0.2, 0.25) is 5.02 Å². The molecule has 0 radical (unpaired) electrons. The maximum atomic E-state index is 12.4. The Balaban J connectivity index is 1.35. The van der Waals surface area contributed by atoms with Crippen LogP contribution in [0, 0.1) is 10.1 Å². The molecule has 162 valence electrons. The first-order chi connectivity index (χ1) is 15.5. The average Bonchev–Trinajstić information content (AvgIpc) is 3.43. The molecule has 4 aromatic rings. The van der Waals surface area contributed by atoms with Crippen LogP contribution in [-0.2, 0) is 13.2 Å². The molecule has 0 saturated carbocycles. The Morgan fingerprint density at radius 2 is 1.94 bits per heavy atom. The Kier molecular flexibility index (Phi) is 6.13. The number of anilines is 1. The molecular formula is C21H16ClN5O5. The zero-order valence-electron chi connectivity index (χ0n) is 16.5. The van der Waals surface area contributed by atoms with Crippen LogP contribution in [0.15, 0.2) is 71.4 Å². The SMILES string of the molecule is O=C(Nc1ncn(Cc2ccc(Cl)cc2)n1)c1ccc(COc2ccccc2[N+](=O)[O-])o1. The van der Waals surface area contributed by atoms with Crippen molar-refractivity contribution in [2.24, 2.45) is 0 Å². The molecule has 0 bridgehead atoms. The van der Waals surface area contributed by atoms with Gasteiger partial charge in [0.2, 0.25) is 5.95 Å². The minimum Gasteiger partial charge on any atom is -0.479 e. The summed E-state index contributed by atoms with van der Waals surface area (Å²) in [6, 6.07) is 16.3. The van der Waals surface area contributed by atoms with E-state index in [-0.39, 0.29) is 29.8 Å². The van der Waals surface area contributed by atoms with E-state index >= 15 is 0 Å². The van der Waals surface area contributed by atoms with Gasteiger partial charge in [-0.1, -0.05) is 35.9 Å². The van der Waals surface area contributed by atoms with E-state index in [1.807, 2.05) is 12.1 Å². The van der Waals surface area contributed by atoms with E-state index in [0.717, 1.165) is 5.56 Å². The fourth-order valence-electron chi connectivity index (χ4n) is 2.82. The van der Waals surface area contributed by atoms with Gasteiger partial charge in [-0.2, -0.15) is 0 Å². The van der Waals surface area contributed by atoms with Gasteiger partial charge in [0.25, 0.3) is 5.91 Å². The van der Waals surface area contributed by atoms with Crippen molar-refractivity contribution in [2.75, 3.05) is 5.32 Å². The standard InChI is InChI=1S/C21H16ClN5O5/c22-15-7-5-14(6-8-15)11-26-13-23-21(25-26)24-20(28)19-10-9-16(32-19)12-31-18-4-2-1-3-17(18)27(29)30/h1-10,13H,11-12H2,(H,24,25,28). The predicted molar refractivity (Wildman–Crippen MR) is 115 cm³/mol. The van der Waals surface area contributed by atoms with Crippen molar-refractivity contribution < 1.29 is 18.9 Å². The lowest BCUT2D eigenvalue weighted by molar-refractivity contribution is -0.386. The van der Waals surface area contributed by atoms with Crippen molar-refractivity contribution in [2.45, 2.75) is 13.2 Å². The maximum absolute atomic E-state index is 12.4. The van der Waals surface area contributed by atoms with Crippen molar-refractivity contribution in [3.8, 4) is 5.75 Å². The highest BCUT2D eigenvalue weighted by molar-refractivity contribution is 6.30. The molecule has 0 unspecified atom stereocenters. The molecule has 4 rings (SSSR count). The Labute approximate surface area is 186 Å². The summed E-state index contributed by atoms with van der Waals surface area (Å²) in [5.74, 6) is 0.0503. The number of carbonyl (C=O) groups excluding carboxylic acids is 1. The highest BCUT2D eigenvalue weighted by Crippen LogP contribution is 2.27. The molecule has 0 aliphatic carbocycles. The molecule has 32 heavy (non-hydrogen) atoms. The summed E-state index contributed by atoms with van der Waals surface area (Å²) in [7, 11) is 0. The van der Waals surface area contributed by atoms with Crippen LogP contribution < -0.4 is 10.1 Å². The first kappa shape index (κ1) is 21.1. The van der Waals surface area contributed by atoms with Crippen LogP contribution >= 0.6 is 11.6 Å². The van der Waals surface area contributed by atoms with Crippen molar-refractivity contribution in [3.05, 3.63) is 99.2 Å². The van der Waals surface area contributed by atoms with E-state index in [0.29, 0.717) is 17.3 Å². The number of benzene rings is 2. The normalized spacial score (nSPS) is 10.7. The lowest BCUT2D eigenvalue weighted by Crippen LogP contribution is -2.12. The number of ether oxygens (including phenoxy) is 1. The highest BCUT2D eigenvalue weighted by atomic mass is 35.5. The predicted octanol–water partition coefficient (Wildman–Crippen LogP) is 4.31. The highest BCUT2D eigenvalue weighted by Gasteiger charge is 2.17. The van der Waals surface area contributed by atoms with Crippen LogP contribution in [0.4, 0.5) is 11.6 Å². The number of furan rings is 1. The third-order valence-electron chi connectivity index (χ3n) is 4.34. The van der Waals surface area contributed by atoms with Crippen molar-refractivity contribution in [1.29, 1.82) is 0 Å². The number of halogens is 1. The summed E-state index contributed by atoms with van der Waals surface area (Å²) >= 11 is 5.88. The molecule has 10 nitrogen and oxygen atoms in total. The van der Waals surface area contributed by atoms with E-state index in [2.05, 4.69) is 15.4 Å². The van der Waals surface area contributed by atoms with Gasteiger partial charge in [0.1, 0.15) is 18.7 Å². The molecule has 11 heteroatoms. The van der Waals surface area contributed by atoms with Crippen LogP contribution in [0.25, 0.3) is 0 Å². The molecule has 2 aromatic carbocycles. The molecule has 1 N–H and O–H groups in total. The van der Waals surface area contributed by atoms with E-state index in [4.69, 9.17) is 20.8 Å². The molecule has 2 aromatic heterocycles. The first-order valence-corrected chi connectivity index (χ1v) is 9.76. The molecule has 0 saturated heterocycles. The second-order valence-corrected chi connectivity index (χ2v) is 7.06. The molecule has 0 atom stereocenters. The topological polar surface area (TPSA) is 125 Å². The second kappa shape index (κ2) is 9.31. The van der Waals surface area contributed by atoms with Crippen molar-refractivity contribution in [3.63, 3.8) is 0 Å². The molecule has 0 aliphatic heterocycles. The zero-order chi connectivity index (χ0) is 22.5. The van der Waals surface area contributed by atoms with Gasteiger partial charge in [0.15, 0.2) is 11.5 Å². The number of nitrogens with zero attached hydrogens (tertiary/aromatic N) is 4. The fourth-order valence-corrected chi connectivity index (χ4v) is 2.95. The van der Waals surface area contributed by atoms with Crippen LogP contribution in [-0.4, -0.2) is 25.6 Å². The number of hydrogen-bond acceptors (Lipinski definition) is 7. The zero-order valence-corrected chi connectivity index (χ0v) is 17.2. The Morgan fingerprint density at radius 3 is 2.72 bits per heavy atom. The Bertz CT molecular complexity index is 1250. The van der Waals surface area contributed by atoms with Crippen LogP contribution in [0.5, 0.6) is 5.75 Å². The first-order valence-electron chi connectivity index (χ1n) is 9.38. The summed E-state index contributed by atoms with van der Waals surface area (Å²) in [5.41, 5.74) is 0.823. The fraction of sp³-hybridized carbons (Fsp3) is 0.0952. The van der Waals surface area contributed by atoms with Crippen LogP contribution in [0.3, 0.4) is 0 Å². The quantitative estimate of drug-likeness (QED) is 0.311. The smallest absolute Gasteiger partial charge is 0.310 e. The van der Waals surface area contributed by atoms with Gasteiger partial charge < -0.3 is 9.15 Å². The molecule has 0 aliphatic rings. The van der Waals surface area contributed by atoms with Gasteiger partial charge in [0, 0.05) is 11.1 Å². The summed E-state index contributed by atoms with van der Waals surface area (Å²) in [6.45, 7) is 0.389. The van der Waals surface area contributed by atoms with Gasteiger partial charge in [0.05, 0.1) is 11.5 Å². The largest absolute Gasteiger partial charge is 0.479 e. The van der Waals surface area contributed by atoms with Gasteiger partial charge in [-0.15, -0.1) is 5.10 Å². The minimum absolute atomic E-state index is 0.0280. The number of nitro groups is 1. The third kappa shape index (κ3) is 5.10. The maximum Gasteiger partial charge on any atom is 0.310 e. The Hall–Kier alpha value is -4.18. The van der Waals surface area contributed by atoms with E-state index in [1.54, 1.807) is 35.0 Å². The van der Waals surface area contributed by atoms with E-state index in [9.17, 15) is 14.9 Å². The van der Waals surface area contributed by atoms with Crippen molar-refractivity contribution >= 4 is 29.1 Å². The second-order valence-electron chi connectivity index (χ2n) is 6.63. The third-order valence-corrected chi connectivity index (χ3v) is 4.59. The molecule has 1 amide bonds. The number of amides is 1. The minimum atomic E-state index is -0.536. The number of carbonyl (C=O) groups is 1. The average molecular weight is 454 g/mol. The Morgan fingerprint density at radius 1 is 1.16 bits per heavy atom. The number of nitrogens with one attached hydrogen (secondary N) is 1. The molecule has 2 heterocycles. The van der Waals surface area contributed by atoms with Crippen LogP contribution in [0.1, 0.15) is 21.9 Å². The van der Waals surface area contributed by atoms with Gasteiger partial charge >= 0.3 is 5.69 Å².